The number of hydrogen-bond donors (Lipinski definition) is 0. The molecule has 11 aromatic carbocycles. The summed E-state index contributed by atoms with van der Waals surface area (Å²) in [5.74, 6) is 0. The van der Waals surface area contributed by atoms with Crippen molar-refractivity contribution in [3.05, 3.63) is 261 Å². The highest BCUT2D eigenvalue weighted by Crippen LogP contribution is 2.49. The minimum absolute atomic E-state index is 1.08. The SMILES string of the molecule is c1ccc(-c2ccccc2-c2c(-c3ccccc3)cccc2N(c2ccc(-c3ccc(-c4cccc5ccccc45)cc3)cc2)c2ccc(-c3cccc4c3sc3ccccc34)cc2)cc1. The number of rotatable bonds is 9. The van der Waals surface area contributed by atoms with Crippen molar-refractivity contribution in [2.24, 2.45) is 0 Å². The van der Waals surface area contributed by atoms with Crippen LogP contribution in [0.3, 0.4) is 0 Å². The lowest BCUT2D eigenvalue weighted by molar-refractivity contribution is 1.28. The van der Waals surface area contributed by atoms with Crippen LogP contribution in [0.1, 0.15) is 0 Å². The Morgan fingerprint density at radius 3 is 1.42 bits per heavy atom. The van der Waals surface area contributed by atoms with Crippen LogP contribution in [-0.4, -0.2) is 0 Å². The first-order valence-corrected chi connectivity index (χ1v) is 23.4. The molecule has 0 aliphatic carbocycles. The fraction of sp³-hybridized carbons (Fsp3) is 0. The molecule has 66 heavy (non-hydrogen) atoms. The molecule has 0 saturated carbocycles. The van der Waals surface area contributed by atoms with Gasteiger partial charge in [0.1, 0.15) is 0 Å². The molecule has 0 saturated heterocycles. The molecule has 1 nitrogen and oxygen atoms in total. The average molecular weight is 858 g/mol. The summed E-state index contributed by atoms with van der Waals surface area (Å²) in [4.78, 5) is 2.45. The van der Waals surface area contributed by atoms with Gasteiger partial charge in [0.15, 0.2) is 0 Å². The highest BCUT2D eigenvalue weighted by atomic mass is 32.1. The highest BCUT2D eigenvalue weighted by Gasteiger charge is 2.23. The van der Waals surface area contributed by atoms with E-state index in [1.807, 2.05) is 11.3 Å². The molecule has 1 aromatic heterocycles. The fourth-order valence-electron chi connectivity index (χ4n) is 9.75. The van der Waals surface area contributed by atoms with Crippen LogP contribution in [0.15, 0.2) is 261 Å². The highest BCUT2D eigenvalue weighted by molar-refractivity contribution is 7.26. The maximum atomic E-state index is 2.45. The van der Waals surface area contributed by atoms with Crippen molar-refractivity contribution in [1.82, 2.24) is 0 Å². The third-order valence-electron chi connectivity index (χ3n) is 12.9. The van der Waals surface area contributed by atoms with Crippen molar-refractivity contribution < 1.29 is 0 Å². The Morgan fingerprint density at radius 1 is 0.258 bits per heavy atom. The first-order chi connectivity index (χ1) is 32.7. The maximum Gasteiger partial charge on any atom is 0.0546 e. The molecule has 0 aliphatic rings. The van der Waals surface area contributed by atoms with E-state index in [-0.39, 0.29) is 0 Å². The van der Waals surface area contributed by atoms with Gasteiger partial charge in [-0.2, -0.15) is 0 Å². The van der Waals surface area contributed by atoms with E-state index in [9.17, 15) is 0 Å². The Labute approximate surface area is 389 Å². The summed E-state index contributed by atoms with van der Waals surface area (Å²) in [6.07, 6.45) is 0. The van der Waals surface area contributed by atoms with Gasteiger partial charge in [0.2, 0.25) is 0 Å². The number of anilines is 3. The van der Waals surface area contributed by atoms with Gasteiger partial charge >= 0.3 is 0 Å². The van der Waals surface area contributed by atoms with Crippen molar-refractivity contribution in [3.63, 3.8) is 0 Å². The van der Waals surface area contributed by atoms with E-state index in [4.69, 9.17) is 0 Å². The normalized spacial score (nSPS) is 11.3. The maximum absolute atomic E-state index is 2.45. The van der Waals surface area contributed by atoms with Gasteiger partial charge in [-0.3, -0.25) is 0 Å². The average Bonchev–Trinajstić information content (AvgIpc) is 3.79. The van der Waals surface area contributed by atoms with E-state index in [2.05, 4.69) is 266 Å². The van der Waals surface area contributed by atoms with E-state index in [1.54, 1.807) is 0 Å². The topological polar surface area (TPSA) is 3.24 Å². The third kappa shape index (κ3) is 7.15. The summed E-state index contributed by atoms with van der Waals surface area (Å²) >= 11 is 1.87. The largest absolute Gasteiger partial charge is 0.310 e. The number of benzene rings is 11. The Balaban J connectivity index is 1.01. The summed E-state index contributed by atoms with van der Waals surface area (Å²) in [6.45, 7) is 0. The van der Waals surface area contributed by atoms with Crippen LogP contribution in [0.25, 0.3) is 97.7 Å². The molecule has 12 rings (SSSR count). The lowest BCUT2D eigenvalue weighted by Crippen LogP contribution is -2.12. The molecular formula is C64H43NS. The van der Waals surface area contributed by atoms with Crippen molar-refractivity contribution in [2.75, 3.05) is 4.90 Å². The van der Waals surface area contributed by atoms with Crippen LogP contribution in [0.4, 0.5) is 17.1 Å². The zero-order valence-corrected chi connectivity index (χ0v) is 37.0. The predicted molar refractivity (Wildman–Crippen MR) is 284 cm³/mol. The van der Waals surface area contributed by atoms with Crippen LogP contribution in [-0.2, 0) is 0 Å². The van der Waals surface area contributed by atoms with Crippen molar-refractivity contribution in [1.29, 1.82) is 0 Å². The fourth-order valence-corrected chi connectivity index (χ4v) is 11.0. The molecule has 0 atom stereocenters. The summed E-state index contributed by atoms with van der Waals surface area (Å²) < 4.78 is 2.63. The third-order valence-corrected chi connectivity index (χ3v) is 14.2. The van der Waals surface area contributed by atoms with Gasteiger partial charge in [-0.1, -0.05) is 224 Å². The molecular weight excluding hydrogens is 815 g/mol. The van der Waals surface area contributed by atoms with Gasteiger partial charge in [0.05, 0.1) is 5.69 Å². The summed E-state index contributed by atoms with van der Waals surface area (Å²) in [7, 11) is 0. The van der Waals surface area contributed by atoms with Gasteiger partial charge in [-0.05, 0) is 108 Å². The summed E-state index contributed by atoms with van der Waals surface area (Å²) in [6, 6.07) is 95.1. The molecule has 2 heteroatoms. The zero-order chi connectivity index (χ0) is 43.8. The molecule has 0 amide bonds. The number of nitrogens with zero attached hydrogens (tertiary/aromatic N) is 1. The summed E-state index contributed by atoms with van der Waals surface area (Å²) in [5.41, 5.74) is 17.6. The molecule has 310 valence electrons. The van der Waals surface area contributed by atoms with Gasteiger partial charge in [0, 0.05) is 37.1 Å². The van der Waals surface area contributed by atoms with Crippen molar-refractivity contribution in [2.45, 2.75) is 0 Å². The Kier molecular flexibility index (Phi) is 10.1. The molecule has 0 bridgehead atoms. The van der Waals surface area contributed by atoms with Gasteiger partial charge < -0.3 is 4.90 Å². The second kappa shape index (κ2) is 17.0. The molecule has 0 unspecified atom stereocenters. The second-order valence-electron chi connectivity index (χ2n) is 16.8. The van der Waals surface area contributed by atoms with Crippen LogP contribution >= 0.6 is 11.3 Å². The molecule has 0 aliphatic heterocycles. The van der Waals surface area contributed by atoms with Crippen molar-refractivity contribution >= 4 is 59.3 Å². The molecule has 0 fully saturated rings. The molecule has 0 N–H and O–H groups in total. The summed E-state index contributed by atoms with van der Waals surface area (Å²) in [5, 5.41) is 5.14. The monoisotopic (exact) mass is 857 g/mol. The van der Waals surface area contributed by atoms with Gasteiger partial charge in [-0.15, -0.1) is 11.3 Å². The standard InChI is InChI=1S/C64H43NS/c1-3-16-46(17-4-1)55-23-9-10-25-59(55)63-56(48-18-5-2-6-19-48)27-15-30-61(63)65(52-42-38-50(39-43-52)57-28-14-29-60-58-24-11-12-31-62(58)66-64(57)60)51-40-36-45(37-41-51)44-32-34-49(35-33-44)54-26-13-21-47-20-7-8-22-53(47)54/h1-43H. The molecule has 0 radical (unpaired) electrons. The number of thiophene rings is 1. The second-order valence-corrected chi connectivity index (χ2v) is 17.8. The molecule has 1 heterocycles. The number of fused-ring (bicyclic) bond motifs is 4. The first kappa shape index (κ1) is 39.3. The first-order valence-electron chi connectivity index (χ1n) is 22.6. The quantitative estimate of drug-likeness (QED) is 0.140. The Hall–Kier alpha value is -8.30. The predicted octanol–water partition coefficient (Wildman–Crippen LogP) is 18.7. The van der Waals surface area contributed by atoms with E-state index in [1.165, 1.54) is 97.7 Å². The van der Waals surface area contributed by atoms with E-state index in [0.717, 1.165) is 17.1 Å². The van der Waals surface area contributed by atoms with E-state index < -0.39 is 0 Å². The minimum atomic E-state index is 1.08. The Morgan fingerprint density at radius 2 is 0.697 bits per heavy atom. The zero-order valence-electron chi connectivity index (χ0n) is 36.2. The van der Waals surface area contributed by atoms with E-state index in [0.29, 0.717) is 0 Å². The Bertz CT molecular complexity index is 3660. The van der Waals surface area contributed by atoms with Gasteiger partial charge in [0.25, 0.3) is 0 Å². The van der Waals surface area contributed by atoms with Gasteiger partial charge in [-0.25, -0.2) is 0 Å². The van der Waals surface area contributed by atoms with Crippen molar-refractivity contribution in [3.8, 4) is 66.8 Å². The van der Waals surface area contributed by atoms with Crippen LogP contribution in [0, 0.1) is 0 Å². The lowest BCUT2D eigenvalue weighted by Gasteiger charge is -2.30. The molecule has 12 aromatic rings. The van der Waals surface area contributed by atoms with E-state index >= 15 is 0 Å². The number of hydrogen-bond acceptors (Lipinski definition) is 2. The van der Waals surface area contributed by atoms with Crippen LogP contribution < -0.4 is 4.90 Å². The molecule has 0 spiro atoms. The smallest absolute Gasteiger partial charge is 0.0546 e. The minimum Gasteiger partial charge on any atom is -0.310 e. The lowest BCUT2D eigenvalue weighted by atomic mass is 9.87. The van der Waals surface area contributed by atoms with Crippen LogP contribution in [0.5, 0.6) is 0 Å². The van der Waals surface area contributed by atoms with Crippen LogP contribution in [0.2, 0.25) is 0 Å².